The molecule has 1 amide bonds. The van der Waals surface area contributed by atoms with Crippen molar-refractivity contribution in [2.45, 2.75) is 45.1 Å². The minimum absolute atomic E-state index is 0.0276. The van der Waals surface area contributed by atoms with Crippen LogP contribution >= 0.6 is 0 Å². The second kappa shape index (κ2) is 5.94. The van der Waals surface area contributed by atoms with Gasteiger partial charge >= 0.3 is 0 Å². The number of fused-ring (bicyclic) bond motifs is 5. The van der Waals surface area contributed by atoms with Crippen LogP contribution in [0.4, 0.5) is 0 Å². The number of benzene rings is 3. The molecule has 1 aliphatic heterocycles. The van der Waals surface area contributed by atoms with Crippen LogP contribution in [0.2, 0.25) is 0 Å². The SMILES string of the molecule is CC1(C)[C@H]2Cc3ccccc3[C@]1(C)CCN2C(=O)c1cccc2ccccc12. The van der Waals surface area contributed by atoms with Crippen molar-refractivity contribution in [3.63, 3.8) is 0 Å². The molecule has 0 saturated carbocycles. The zero-order valence-corrected chi connectivity index (χ0v) is 16.9. The molecule has 2 heteroatoms. The highest BCUT2D eigenvalue weighted by Gasteiger charge is 2.56. The third kappa shape index (κ3) is 2.24. The molecule has 28 heavy (non-hydrogen) atoms. The van der Waals surface area contributed by atoms with Gasteiger partial charge in [-0.15, -0.1) is 0 Å². The van der Waals surface area contributed by atoms with E-state index in [2.05, 4.69) is 68.1 Å². The van der Waals surface area contributed by atoms with Gasteiger partial charge in [-0.1, -0.05) is 81.4 Å². The summed E-state index contributed by atoms with van der Waals surface area (Å²) in [5.74, 6) is 0.177. The van der Waals surface area contributed by atoms with Gasteiger partial charge < -0.3 is 4.90 Å². The first-order chi connectivity index (χ1) is 13.4. The summed E-state index contributed by atoms with van der Waals surface area (Å²) in [6, 6.07) is 23.3. The molecule has 142 valence electrons. The van der Waals surface area contributed by atoms with E-state index >= 15 is 0 Å². The number of nitrogens with zero attached hydrogens (tertiary/aromatic N) is 1. The first kappa shape index (κ1) is 17.5. The molecule has 3 aromatic carbocycles. The van der Waals surface area contributed by atoms with Gasteiger partial charge in [0.05, 0.1) is 0 Å². The molecule has 1 aliphatic carbocycles. The number of carbonyl (C=O) groups excluding carboxylic acids is 1. The number of hydrogen-bond donors (Lipinski definition) is 0. The second-order valence-corrected chi connectivity index (χ2v) is 9.21. The number of piperidine rings is 1. The number of carbonyl (C=O) groups is 1. The highest BCUT2D eigenvalue weighted by Crippen LogP contribution is 2.56. The van der Waals surface area contributed by atoms with E-state index in [1.54, 1.807) is 0 Å². The van der Waals surface area contributed by atoms with Crippen LogP contribution < -0.4 is 0 Å². The van der Waals surface area contributed by atoms with E-state index in [-0.39, 0.29) is 22.8 Å². The molecule has 1 fully saturated rings. The first-order valence-corrected chi connectivity index (χ1v) is 10.3. The Balaban J connectivity index is 1.61. The molecule has 1 heterocycles. The maximum Gasteiger partial charge on any atom is 0.254 e. The molecule has 2 nitrogen and oxygen atoms in total. The lowest BCUT2D eigenvalue weighted by molar-refractivity contribution is -0.0261. The summed E-state index contributed by atoms with van der Waals surface area (Å²) >= 11 is 0. The molecular weight excluding hydrogens is 342 g/mol. The zero-order chi connectivity index (χ0) is 19.5. The molecule has 5 rings (SSSR count). The Morgan fingerprint density at radius 2 is 1.64 bits per heavy atom. The summed E-state index contributed by atoms with van der Waals surface area (Å²) < 4.78 is 0. The van der Waals surface area contributed by atoms with E-state index in [9.17, 15) is 4.79 Å². The number of hydrogen-bond acceptors (Lipinski definition) is 1. The first-order valence-electron chi connectivity index (χ1n) is 10.3. The monoisotopic (exact) mass is 369 g/mol. The molecule has 0 aromatic heterocycles. The molecular formula is C26H27NO. The molecule has 0 spiro atoms. The van der Waals surface area contributed by atoms with Crippen LogP contribution in [0.25, 0.3) is 10.8 Å². The third-order valence-electron chi connectivity index (χ3n) is 7.79. The van der Waals surface area contributed by atoms with E-state index in [4.69, 9.17) is 0 Å². The highest BCUT2D eigenvalue weighted by atomic mass is 16.2. The Labute approximate surface area is 167 Å². The summed E-state index contributed by atoms with van der Waals surface area (Å²) in [6.45, 7) is 7.94. The molecule has 1 saturated heterocycles. The summed E-state index contributed by atoms with van der Waals surface area (Å²) in [4.78, 5) is 15.9. The van der Waals surface area contributed by atoms with Gasteiger partial charge in [0.25, 0.3) is 5.91 Å². The van der Waals surface area contributed by atoms with Crippen molar-refractivity contribution in [2.24, 2.45) is 5.41 Å². The van der Waals surface area contributed by atoms with E-state index in [1.807, 2.05) is 24.3 Å². The van der Waals surface area contributed by atoms with Crippen molar-refractivity contribution >= 4 is 16.7 Å². The highest BCUT2D eigenvalue weighted by molar-refractivity contribution is 6.07. The predicted octanol–water partition coefficient (Wildman–Crippen LogP) is 5.59. The standard InChI is InChI=1S/C26H27NO/c1-25(2)23-17-19-10-5-7-14-22(19)26(25,3)15-16-27(23)24(28)21-13-8-11-18-9-4-6-12-20(18)21/h4-14,23H,15-17H2,1-3H3/t23-,26+/m1/s1. The van der Waals surface area contributed by atoms with Crippen LogP contribution in [0.3, 0.4) is 0 Å². The maximum atomic E-state index is 13.7. The van der Waals surface area contributed by atoms with Gasteiger partial charge in [0.1, 0.15) is 0 Å². The van der Waals surface area contributed by atoms with E-state index in [1.165, 1.54) is 11.1 Å². The zero-order valence-electron chi connectivity index (χ0n) is 16.9. The quantitative estimate of drug-likeness (QED) is 0.547. The van der Waals surface area contributed by atoms with Gasteiger partial charge in [-0.3, -0.25) is 4.79 Å². The summed E-state index contributed by atoms with van der Waals surface area (Å²) in [7, 11) is 0. The summed E-state index contributed by atoms with van der Waals surface area (Å²) in [6.07, 6.45) is 1.94. The summed E-state index contributed by atoms with van der Waals surface area (Å²) in [5.41, 5.74) is 3.84. The van der Waals surface area contributed by atoms with Crippen molar-refractivity contribution in [1.29, 1.82) is 0 Å². The van der Waals surface area contributed by atoms with Crippen LogP contribution in [0.1, 0.15) is 48.7 Å². The Hall–Kier alpha value is -2.61. The molecule has 2 atom stereocenters. The average Bonchev–Trinajstić information content (AvgIpc) is 2.70. The molecule has 0 unspecified atom stereocenters. The van der Waals surface area contributed by atoms with Crippen molar-refractivity contribution < 1.29 is 4.79 Å². The normalized spacial score (nSPS) is 25.4. The van der Waals surface area contributed by atoms with Crippen molar-refractivity contribution in [2.75, 3.05) is 6.54 Å². The predicted molar refractivity (Wildman–Crippen MR) is 115 cm³/mol. The van der Waals surface area contributed by atoms with Gasteiger partial charge in [-0.2, -0.15) is 0 Å². The molecule has 2 aliphatic rings. The average molecular weight is 370 g/mol. The topological polar surface area (TPSA) is 20.3 Å². The third-order valence-corrected chi connectivity index (χ3v) is 7.79. The second-order valence-electron chi connectivity index (χ2n) is 9.21. The van der Waals surface area contributed by atoms with Crippen LogP contribution in [0.15, 0.2) is 66.7 Å². The lowest BCUT2D eigenvalue weighted by Gasteiger charge is -2.60. The molecule has 3 aromatic rings. The minimum Gasteiger partial charge on any atom is -0.335 e. The van der Waals surface area contributed by atoms with Gasteiger partial charge in [-0.25, -0.2) is 0 Å². The largest absolute Gasteiger partial charge is 0.335 e. The Kier molecular flexibility index (Phi) is 3.71. The lowest BCUT2D eigenvalue weighted by Crippen LogP contribution is -2.64. The van der Waals surface area contributed by atoms with E-state index in [0.717, 1.165) is 35.7 Å². The molecule has 2 bridgehead atoms. The Morgan fingerprint density at radius 3 is 2.50 bits per heavy atom. The molecule has 0 N–H and O–H groups in total. The fourth-order valence-electron chi connectivity index (χ4n) is 5.68. The van der Waals surface area contributed by atoms with Crippen LogP contribution in [-0.2, 0) is 11.8 Å². The minimum atomic E-state index is 0.0276. The van der Waals surface area contributed by atoms with Gasteiger partial charge in [-0.05, 0) is 46.2 Å². The van der Waals surface area contributed by atoms with Crippen LogP contribution in [0.5, 0.6) is 0 Å². The van der Waals surface area contributed by atoms with Crippen molar-refractivity contribution in [3.05, 3.63) is 83.4 Å². The maximum absolute atomic E-state index is 13.7. The van der Waals surface area contributed by atoms with E-state index < -0.39 is 0 Å². The van der Waals surface area contributed by atoms with Crippen molar-refractivity contribution in [1.82, 2.24) is 4.90 Å². The van der Waals surface area contributed by atoms with E-state index in [0.29, 0.717) is 0 Å². The van der Waals surface area contributed by atoms with Gasteiger partial charge in [0.15, 0.2) is 0 Å². The van der Waals surface area contributed by atoms with Crippen LogP contribution in [0, 0.1) is 5.41 Å². The number of rotatable bonds is 1. The Morgan fingerprint density at radius 1 is 0.929 bits per heavy atom. The van der Waals surface area contributed by atoms with Crippen LogP contribution in [-0.4, -0.2) is 23.4 Å². The number of likely N-dealkylation sites (tertiary alicyclic amines) is 1. The molecule has 0 radical (unpaired) electrons. The van der Waals surface area contributed by atoms with Gasteiger partial charge in [0.2, 0.25) is 0 Å². The fourth-order valence-corrected chi connectivity index (χ4v) is 5.68. The lowest BCUT2D eigenvalue weighted by atomic mass is 9.51. The smallest absolute Gasteiger partial charge is 0.254 e. The van der Waals surface area contributed by atoms with Gasteiger partial charge in [0, 0.05) is 23.6 Å². The number of amides is 1. The fraction of sp³-hybridized carbons (Fsp3) is 0.346. The summed E-state index contributed by atoms with van der Waals surface area (Å²) in [5, 5.41) is 2.18. The van der Waals surface area contributed by atoms with Crippen molar-refractivity contribution in [3.8, 4) is 0 Å². The Bertz CT molecular complexity index is 1080.